The average Bonchev–Trinajstić information content (AvgIpc) is 3.76. The molecule has 0 radical (unpaired) electrons. The molecule has 0 saturated carbocycles. The van der Waals surface area contributed by atoms with Gasteiger partial charge in [-0.3, -0.25) is 0 Å². The normalized spacial score (nSPS) is 15.6. The number of rotatable bonds is 6. The number of fused-ring (bicyclic) bond motifs is 6. The van der Waals surface area contributed by atoms with E-state index >= 15 is 0 Å². The van der Waals surface area contributed by atoms with E-state index in [0.717, 1.165) is 33.4 Å². The zero-order chi connectivity index (χ0) is 37.9. The predicted molar refractivity (Wildman–Crippen MR) is 245 cm³/mol. The molecule has 57 heavy (non-hydrogen) atoms. The van der Waals surface area contributed by atoms with Gasteiger partial charge >= 0.3 is 233 Å². The molecule has 0 aliphatic carbocycles. The summed E-state index contributed by atoms with van der Waals surface area (Å²) >= 11 is -3.02. The molecule has 0 saturated heterocycles. The number of para-hydroxylation sites is 1. The van der Waals surface area contributed by atoms with Crippen molar-refractivity contribution in [2.45, 2.75) is 0 Å². The van der Waals surface area contributed by atoms with Crippen LogP contribution >= 0.6 is 18.0 Å². The van der Waals surface area contributed by atoms with Crippen molar-refractivity contribution in [3.63, 3.8) is 0 Å². The fourth-order valence-corrected chi connectivity index (χ4v) is 16.5. The average molecular weight is 843 g/mol. The second-order valence-electron chi connectivity index (χ2n) is 14.3. The number of hydrogen-bond donors (Lipinski definition) is 0. The van der Waals surface area contributed by atoms with Gasteiger partial charge in [-0.05, 0) is 0 Å². The van der Waals surface area contributed by atoms with Gasteiger partial charge in [0.2, 0.25) is 0 Å². The van der Waals surface area contributed by atoms with Crippen LogP contribution < -0.4 is 0 Å². The molecule has 0 spiro atoms. The van der Waals surface area contributed by atoms with E-state index in [4.69, 9.17) is 19.5 Å². The third-order valence-electron chi connectivity index (χ3n) is 11.0. The SMILES string of the molecule is C=I1(c2ccccc2)c2ccccc2-c2ccc(-c3ccc4c(c3)c3ccccc3n4-c3ccc(-c4nc(-c5ccccc5)nc(-c5ccccc5)n4)cc3)cc21. The number of hydrogen-bond acceptors (Lipinski definition) is 3. The Labute approximate surface area is 334 Å². The molecule has 4 nitrogen and oxygen atoms in total. The Morgan fingerprint density at radius 2 is 0.860 bits per heavy atom. The van der Waals surface area contributed by atoms with Crippen molar-refractivity contribution in [1.29, 1.82) is 0 Å². The third-order valence-corrected chi connectivity index (χ3v) is 19.7. The van der Waals surface area contributed by atoms with Crippen molar-refractivity contribution in [2.24, 2.45) is 0 Å². The predicted octanol–water partition coefficient (Wildman–Crippen LogP) is 13.0. The van der Waals surface area contributed by atoms with Crippen LogP contribution in [0.2, 0.25) is 0 Å². The zero-order valence-corrected chi connectivity index (χ0v) is 33.1. The van der Waals surface area contributed by atoms with E-state index in [1.165, 1.54) is 43.7 Å². The molecule has 0 amide bonds. The van der Waals surface area contributed by atoms with Crippen LogP contribution in [0.3, 0.4) is 0 Å². The van der Waals surface area contributed by atoms with Crippen LogP contribution in [-0.4, -0.2) is 24.0 Å². The van der Waals surface area contributed by atoms with Crippen LogP contribution in [0.25, 0.3) is 83.9 Å². The maximum absolute atomic E-state index is 5.11. The summed E-state index contributed by atoms with van der Waals surface area (Å²) in [6.07, 6.45) is 0. The molecule has 0 N–H and O–H groups in total. The number of benzene rings is 8. The molecule has 3 heterocycles. The molecule has 10 aromatic rings. The fraction of sp³-hybridized carbons (Fsp3) is 0. The molecule has 1 unspecified atom stereocenters. The fourth-order valence-electron chi connectivity index (χ4n) is 8.24. The molecular weight excluding hydrogens is 808 g/mol. The van der Waals surface area contributed by atoms with Gasteiger partial charge in [0.1, 0.15) is 0 Å². The summed E-state index contributed by atoms with van der Waals surface area (Å²) in [4.78, 5) is 14.8. The Bertz CT molecular complexity index is 3130. The summed E-state index contributed by atoms with van der Waals surface area (Å²) in [5.74, 6) is 1.94. The topological polar surface area (TPSA) is 43.6 Å². The first kappa shape index (κ1) is 33.5. The molecule has 270 valence electrons. The van der Waals surface area contributed by atoms with Crippen molar-refractivity contribution < 1.29 is 0 Å². The van der Waals surface area contributed by atoms with E-state index in [9.17, 15) is 0 Å². The van der Waals surface area contributed by atoms with E-state index in [1.54, 1.807) is 0 Å². The minimum absolute atomic E-state index is 0.640. The van der Waals surface area contributed by atoms with E-state index in [0.29, 0.717) is 17.5 Å². The zero-order valence-electron chi connectivity index (χ0n) is 30.9. The summed E-state index contributed by atoms with van der Waals surface area (Å²) in [5, 5.41) is 2.44. The van der Waals surface area contributed by atoms with Crippen LogP contribution in [0, 0.1) is 10.7 Å². The first-order valence-electron chi connectivity index (χ1n) is 19.0. The van der Waals surface area contributed by atoms with Crippen molar-refractivity contribution in [2.75, 3.05) is 0 Å². The molecule has 1 aliphatic heterocycles. The van der Waals surface area contributed by atoms with Gasteiger partial charge in [0.25, 0.3) is 0 Å². The van der Waals surface area contributed by atoms with Crippen LogP contribution in [0.5, 0.6) is 0 Å². The Morgan fingerprint density at radius 1 is 0.368 bits per heavy atom. The van der Waals surface area contributed by atoms with Gasteiger partial charge < -0.3 is 0 Å². The first-order valence-corrected chi connectivity index (χ1v) is 23.8. The summed E-state index contributed by atoms with van der Waals surface area (Å²) in [7, 11) is 0. The molecule has 0 fully saturated rings. The van der Waals surface area contributed by atoms with Crippen LogP contribution in [-0.2, 0) is 0 Å². The number of aromatic nitrogens is 4. The van der Waals surface area contributed by atoms with E-state index in [2.05, 4.69) is 144 Å². The molecule has 1 atom stereocenters. The van der Waals surface area contributed by atoms with Gasteiger partial charge in [-0.15, -0.1) is 0 Å². The second-order valence-corrected chi connectivity index (χ2v) is 21.8. The molecular formula is C52H35IN4. The second kappa shape index (κ2) is 13.4. The Morgan fingerprint density at radius 3 is 1.54 bits per heavy atom. The van der Waals surface area contributed by atoms with E-state index in [1.807, 2.05) is 60.7 Å². The quantitative estimate of drug-likeness (QED) is 0.157. The molecule has 2 aromatic heterocycles. The van der Waals surface area contributed by atoms with Crippen molar-refractivity contribution in [3.8, 4) is 62.1 Å². The third kappa shape index (κ3) is 5.49. The van der Waals surface area contributed by atoms with Gasteiger partial charge in [-0.1, -0.05) is 60.7 Å². The van der Waals surface area contributed by atoms with Crippen molar-refractivity contribution >= 4 is 44.3 Å². The number of halogens is 1. The summed E-state index contributed by atoms with van der Waals surface area (Å²) in [6, 6.07) is 71.4. The molecule has 11 rings (SSSR count). The minimum atomic E-state index is -3.02. The van der Waals surface area contributed by atoms with Crippen LogP contribution in [0.1, 0.15) is 0 Å². The van der Waals surface area contributed by atoms with Gasteiger partial charge in [0.05, 0.1) is 0 Å². The van der Waals surface area contributed by atoms with Gasteiger partial charge in [-0.2, -0.15) is 0 Å². The van der Waals surface area contributed by atoms with Crippen LogP contribution in [0.4, 0.5) is 0 Å². The maximum atomic E-state index is 5.11. The van der Waals surface area contributed by atoms with E-state index in [-0.39, 0.29) is 0 Å². The van der Waals surface area contributed by atoms with Gasteiger partial charge in [0.15, 0.2) is 17.5 Å². The Balaban J connectivity index is 1.01. The number of nitrogens with zero attached hydrogens (tertiary/aromatic N) is 4. The Hall–Kier alpha value is -6.83. The van der Waals surface area contributed by atoms with Gasteiger partial charge in [-0.25, -0.2) is 15.0 Å². The standard InChI is InChI=1S/C52H35IN4/c1-53(40-19-9-4-10-20-40)46-23-13-11-21-42(46)43-31-27-39(34-47(43)53)38-28-32-49-45(33-38)44-22-12-14-24-48(44)57(49)41-29-25-37(26-30-41)52-55-50(35-15-5-2-6-16-35)54-51(56-52)36-17-7-3-8-18-36/h2-34H,1H2. The van der Waals surface area contributed by atoms with Crippen LogP contribution in [0.15, 0.2) is 200 Å². The first-order chi connectivity index (χ1) is 28.1. The van der Waals surface area contributed by atoms with Crippen molar-refractivity contribution in [3.05, 3.63) is 211 Å². The Kier molecular flexibility index (Phi) is 7.89. The monoisotopic (exact) mass is 842 g/mol. The van der Waals surface area contributed by atoms with Gasteiger partial charge in [0, 0.05) is 11.1 Å². The summed E-state index contributed by atoms with van der Waals surface area (Å²) in [6.45, 7) is 0. The summed E-state index contributed by atoms with van der Waals surface area (Å²) in [5.41, 5.74) is 11.3. The molecule has 5 heteroatoms. The molecule has 0 bridgehead atoms. The summed E-state index contributed by atoms with van der Waals surface area (Å²) < 4.78 is 11.7. The molecule has 1 aliphatic rings. The molecule has 8 aromatic carbocycles. The van der Waals surface area contributed by atoms with E-state index < -0.39 is 18.0 Å². The van der Waals surface area contributed by atoms with Crippen molar-refractivity contribution in [1.82, 2.24) is 19.5 Å².